The van der Waals surface area contributed by atoms with Gasteiger partial charge in [-0.2, -0.15) is 0 Å². The van der Waals surface area contributed by atoms with Crippen molar-refractivity contribution in [1.82, 2.24) is 0 Å². The maximum Gasteiger partial charge on any atom is 0.330 e. The quantitative estimate of drug-likeness (QED) is 0.142. The van der Waals surface area contributed by atoms with Gasteiger partial charge in [-0.25, -0.2) is 4.79 Å². The van der Waals surface area contributed by atoms with Gasteiger partial charge in [-0.15, -0.1) is 0 Å². The molecule has 216 valence electrons. The Morgan fingerprint density at radius 2 is 1.16 bits per heavy atom. The molecule has 8 heteroatoms. The van der Waals surface area contributed by atoms with E-state index in [1.807, 2.05) is 78.8 Å². The molecule has 0 bridgehead atoms. The molecule has 0 amide bonds. The normalized spacial score (nSPS) is 11.0. The summed E-state index contributed by atoms with van der Waals surface area (Å²) in [4.78, 5) is 44.0. The first-order chi connectivity index (χ1) is 17.5. The van der Waals surface area contributed by atoms with Gasteiger partial charge in [-0.1, -0.05) is 57.7 Å². The summed E-state index contributed by atoms with van der Waals surface area (Å²) < 4.78 is 14.8. The van der Waals surface area contributed by atoms with Crippen LogP contribution in [0.4, 0.5) is 0 Å². The van der Waals surface area contributed by atoms with E-state index in [-0.39, 0.29) is 30.6 Å². The van der Waals surface area contributed by atoms with Gasteiger partial charge < -0.3 is 19.3 Å². The van der Waals surface area contributed by atoms with Gasteiger partial charge in [0.1, 0.15) is 19.8 Å². The lowest BCUT2D eigenvalue weighted by Crippen LogP contribution is -2.27. The first-order valence-electron chi connectivity index (χ1n) is 12.9. The van der Waals surface area contributed by atoms with Crippen molar-refractivity contribution < 1.29 is 38.5 Å². The zero-order valence-electron chi connectivity index (χ0n) is 24.7. The number of esters is 3. The average molecular weight is 537 g/mol. The highest BCUT2D eigenvalue weighted by Crippen LogP contribution is 2.22. The van der Waals surface area contributed by atoms with Crippen molar-refractivity contribution in [3.8, 4) is 0 Å². The maximum absolute atomic E-state index is 11.6. The molecule has 0 unspecified atom stereocenters. The molecule has 1 rings (SSSR count). The van der Waals surface area contributed by atoms with E-state index >= 15 is 0 Å². The lowest BCUT2D eigenvalue weighted by Gasteiger charge is -2.20. The van der Waals surface area contributed by atoms with Gasteiger partial charge in [0, 0.05) is 6.08 Å². The molecule has 0 aliphatic heterocycles. The second-order valence-electron chi connectivity index (χ2n) is 10.6. The Kier molecular flexibility index (Phi) is 17.7. The highest BCUT2D eigenvalue weighted by atomic mass is 16.6. The number of carboxylic acid groups (broad SMARTS) is 1. The fourth-order valence-electron chi connectivity index (χ4n) is 1.89. The largest absolute Gasteiger partial charge is 0.481 e. The van der Waals surface area contributed by atoms with Gasteiger partial charge in [0.2, 0.25) is 0 Å². The number of ether oxygens (including phenoxy) is 3. The Hall–Kier alpha value is -3.16. The third-order valence-corrected chi connectivity index (χ3v) is 6.28. The Morgan fingerprint density at radius 3 is 1.53 bits per heavy atom. The molecule has 0 radical (unpaired) electrons. The highest BCUT2D eigenvalue weighted by Gasteiger charge is 2.27. The third kappa shape index (κ3) is 15.8. The Balaban J connectivity index is 0. The van der Waals surface area contributed by atoms with Crippen LogP contribution < -0.4 is 0 Å². The van der Waals surface area contributed by atoms with Crippen molar-refractivity contribution in [2.24, 2.45) is 16.2 Å². The zero-order chi connectivity index (χ0) is 30.0. The van der Waals surface area contributed by atoms with Gasteiger partial charge in [-0.05, 0) is 66.4 Å². The molecule has 0 saturated carbocycles. The van der Waals surface area contributed by atoms with Crippen LogP contribution in [0, 0.1) is 16.2 Å². The molecule has 1 aromatic carbocycles. The number of hydrogen-bond acceptors (Lipinski definition) is 7. The molecule has 1 N–H and O–H groups in total. The first kappa shape index (κ1) is 37.0. The van der Waals surface area contributed by atoms with Crippen molar-refractivity contribution in [2.75, 3.05) is 13.2 Å². The molecule has 38 heavy (non-hydrogen) atoms. The lowest BCUT2D eigenvalue weighted by atomic mass is 9.91. The molecule has 0 heterocycles. The first-order valence-corrected chi connectivity index (χ1v) is 12.9. The summed E-state index contributed by atoms with van der Waals surface area (Å²) >= 11 is 0. The average Bonchev–Trinajstić information content (AvgIpc) is 2.90. The van der Waals surface area contributed by atoms with Crippen LogP contribution in [-0.4, -0.2) is 42.2 Å². The third-order valence-electron chi connectivity index (χ3n) is 6.28. The minimum atomic E-state index is -0.722. The van der Waals surface area contributed by atoms with Crippen molar-refractivity contribution in [3.05, 3.63) is 48.6 Å². The van der Waals surface area contributed by atoms with E-state index < -0.39 is 22.8 Å². The minimum absolute atomic E-state index is 0.0659. The van der Waals surface area contributed by atoms with Crippen LogP contribution in [0.1, 0.15) is 87.1 Å². The predicted octanol–water partition coefficient (Wildman–Crippen LogP) is 6.37. The number of benzene rings is 1. The molecule has 0 fully saturated rings. The summed E-state index contributed by atoms with van der Waals surface area (Å²) in [5.41, 5.74) is -0.380. The summed E-state index contributed by atoms with van der Waals surface area (Å²) in [6.07, 6.45) is 3.25. The van der Waals surface area contributed by atoms with E-state index in [1.165, 1.54) is 0 Å². The number of rotatable bonds is 12. The highest BCUT2D eigenvalue weighted by molar-refractivity contribution is 5.81. The molecule has 0 atom stereocenters. The second-order valence-corrected chi connectivity index (χ2v) is 10.6. The van der Waals surface area contributed by atoms with E-state index in [1.54, 1.807) is 13.8 Å². The SMILES string of the molecule is C=CC(=O)OCCOC(=O)C(C)(C)CC.CCC(C)(C)C(=O)O.CCC(C)(C)C(=O)OCc1ccccc1. The van der Waals surface area contributed by atoms with Gasteiger partial charge >= 0.3 is 23.9 Å². The van der Waals surface area contributed by atoms with Crippen molar-refractivity contribution in [3.63, 3.8) is 0 Å². The molecular weight excluding hydrogens is 488 g/mol. The predicted molar refractivity (Wildman–Crippen MR) is 148 cm³/mol. The van der Waals surface area contributed by atoms with Gasteiger partial charge in [0.05, 0.1) is 16.2 Å². The summed E-state index contributed by atoms with van der Waals surface area (Å²) in [6, 6.07) is 9.72. The van der Waals surface area contributed by atoms with Gasteiger partial charge in [-0.3, -0.25) is 14.4 Å². The second kappa shape index (κ2) is 18.2. The van der Waals surface area contributed by atoms with Gasteiger partial charge in [0.15, 0.2) is 0 Å². The van der Waals surface area contributed by atoms with Crippen LogP contribution in [0.2, 0.25) is 0 Å². The zero-order valence-corrected chi connectivity index (χ0v) is 24.7. The van der Waals surface area contributed by atoms with Crippen LogP contribution >= 0.6 is 0 Å². The summed E-state index contributed by atoms with van der Waals surface area (Å²) in [5.74, 6) is -1.64. The van der Waals surface area contributed by atoms with Crippen LogP contribution in [0.5, 0.6) is 0 Å². The Morgan fingerprint density at radius 1 is 0.737 bits per heavy atom. The van der Waals surface area contributed by atoms with Gasteiger partial charge in [0.25, 0.3) is 0 Å². The molecule has 0 aliphatic carbocycles. The molecule has 8 nitrogen and oxygen atoms in total. The van der Waals surface area contributed by atoms with Crippen molar-refractivity contribution in [1.29, 1.82) is 0 Å². The summed E-state index contributed by atoms with van der Waals surface area (Å²) in [5, 5.41) is 8.44. The minimum Gasteiger partial charge on any atom is -0.481 e. The van der Waals surface area contributed by atoms with E-state index in [2.05, 4.69) is 11.3 Å². The maximum atomic E-state index is 11.6. The van der Waals surface area contributed by atoms with Crippen molar-refractivity contribution in [2.45, 2.75) is 88.2 Å². The van der Waals surface area contributed by atoms with Crippen LogP contribution in [0.3, 0.4) is 0 Å². The number of hydrogen-bond donors (Lipinski definition) is 1. The van der Waals surface area contributed by atoms with Crippen molar-refractivity contribution >= 4 is 23.9 Å². The number of carbonyl (C=O) groups is 4. The molecule has 0 aromatic heterocycles. The number of aliphatic carboxylic acids is 1. The smallest absolute Gasteiger partial charge is 0.330 e. The van der Waals surface area contributed by atoms with Crippen LogP contribution in [-0.2, 0) is 40.0 Å². The van der Waals surface area contributed by atoms with E-state index in [4.69, 9.17) is 14.6 Å². The number of carboxylic acids is 1. The van der Waals surface area contributed by atoms with E-state index in [9.17, 15) is 19.2 Å². The number of carbonyl (C=O) groups excluding carboxylic acids is 3. The lowest BCUT2D eigenvalue weighted by molar-refractivity contribution is -0.158. The Bertz CT molecular complexity index is 869. The fraction of sp³-hybridized carbons (Fsp3) is 0.600. The molecule has 1 aromatic rings. The molecule has 0 spiro atoms. The fourth-order valence-corrected chi connectivity index (χ4v) is 1.89. The Labute approximate surface area is 228 Å². The molecule has 0 saturated heterocycles. The van der Waals surface area contributed by atoms with Crippen LogP contribution in [0.15, 0.2) is 43.0 Å². The van der Waals surface area contributed by atoms with Crippen LogP contribution in [0.25, 0.3) is 0 Å². The standard InChI is InChI=1S/C13H18O2.C11H18O4.C6H12O2/c1-4-13(2,3)12(14)15-10-11-8-6-5-7-9-11;1-5-9(12)14-7-8-15-10(13)11(3,4)6-2;1-4-6(2,3)5(7)8/h5-9H,4,10H2,1-3H3;5H,1,6-8H2,2-4H3;4H2,1-3H3,(H,7,8). The van der Waals surface area contributed by atoms with E-state index in [0.29, 0.717) is 19.4 Å². The summed E-state index contributed by atoms with van der Waals surface area (Å²) in [7, 11) is 0. The molecular formula is C30H48O8. The summed E-state index contributed by atoms with van der Waals surface area (Å²) in [6.45, 7) is 20.4. The molecule has 0 aliphatic rings. The topological polar surface area (TPSA) is 116 Å². The van der Waals surface area contributed by atoms with E-state index in [0.717, 1.165) is 18.1 Å². The monoisotopic (exact) mass is 536 g/mol.